The first kappa shape index (κ1) is 12.1. The molecule has 0 amide bonds. The molecule has 2 heteroatoms. The van der Waals surface area contributed by atoms with Crippen molar-refractivity contribution in [1.29, 1.82) is 0 Å². The number of fused-ring (bicyclic) bond motifs is 1. The van der Waals surface area contributed by atoms with Gasteiger partial charge in [-0.3, -0.25) is 4.98 Å². The van der Waals surface area contributed by atoms with E-state index >= 15 is 0 Å². The van der Waals surface area contributed by atoms with Gasteiger partial charge in [0.05, 0.1) is 0 Å². The van der Waals surface area contributed by atoms with Gasteiger partial charge in [-0.25, -0.2) is 0 Å². The lowest BCUT2D eigenvalue weighted by atomic mass is 10.0. The third-order valence-electron chi connectivity index (χ3n) is 3.37. The van der Waals surface area contributed by atoms with Crippen molar-refractivity contribution in [1.82, 2.24) is 10.3 Å². The standard InChI is InChI=1S/C15H20N2/c1-11(2)12(3)17-10-14-9-16-8-13-6-4-5-7-15(13)14/h4-9,11-12,17H,10H2,1-3H3. The molecule has 2 rings (SSSR count). The monoisotopic (exact) mass is 228 g/mol. The highest BCUT2D eigenvalue weighted by molar-refractivity contribution is 5.84. The molecule has 0 fully saturated rings. The Kier molecular flexibility index (Phi) is 3.75. The molecule has 17 heavy (non-hydrogen) atoms. The molecule has 1 aromatic carbocycles. The molecule has 0 aliphatic carbocycles. The number of pyridine rings is 1. The zero-order valence-electron chi connectivity index (χ0n) is 10.8. The van der Waals surface area contributed by atoms with Crippen LogP contribution < -0.4 is 5.32 Å². The van der Waals surface area contributed by atoms with Gasteiger partial charge in [-0.15, -0.1) is 0 Å². The van der Waals surface area contributed by atoms with Crippen LogP contribution in [0.2, 0.25) is 0 Å². The molecule has 0 aliphatic rings. The van der Waals surface area contributed by atoms with Crippen molar-refractivity contribution in [2.24, 2.45) is 5.92 Å². The van der Waals surface area contributed by atoms with E-state index < -0.39 is 0 Å². The van der Waals surface area contributed by atoms with Gasteiger partial charge in [0.15, 0.2) is 0 Å². The second-order valence-corrected chi connectivity index (χ2v) is 4.93. The molecule has 90 valence electrons. The van der Waals surface area contributed by atoms with Gasteiger partial charge in [0, 0.05) is 30.4 Å². The average molecular weight is 228 g/mol. The predicted octanol–water partition coefficient (Wildman–Crippen LogP) is 3.37. The Morgan fingerprint density at radius 2 is 1.88 bits per heavy atom. The van der Waals surface area contributed by atoms with E-state index in [1.54, 1.807) is 0 Å². The molecule has 2 nitrogen and oxygen atoms in total. The Bertz CT molecular complexity index is 486. The molecule has 0 saturated carbocycles. The Labute approximate surface area is 103 Å². The minimum Gasteiger partial charge on any atom is -0.310 e. The van der Waals surface area contributed by atoms with Crippen molar-refractivity contribution in [2.45, 2.75) is 33.4 Å². The summed E-state index contributed by atoms with van der Waals surface area (Å²) in [7, 11) is 0. The van der Waals surface area contributed by atoms with Crippen molar-refractivity contribution in [3.8, 4) is 0 Å². The summed E-state index contributed by atoms with van der Waals surface area (Å²) < 4.78 is 0. The maximum Gasteiger partial charge on any atom is 0.0346 e. The van der Waals surface area contributed by atoms with Crippen molar-refractivity contribution in [3.05, 3.63) is 42.2 Å². The summed E-state index contributed by atoms with van der Waals surface area (Å²) in [5.74, 6) is 0.651. The van der Waals surface area contributed by atoms with Gasteiger partial charge in [-0.05, 0) is 23.8 Å². The zero-order valence-corrected chi connectivity index (χ0v) is 10.8. The maximum absolute atomic E-state index is 4.30. The van der Waals surface area contributed by atoms with Crippen molar-refractivity contribution >= 4 is 10.8 Å². The van der Waals surface area contributed by atoms with Crippen molar-refractivity contribution in [3.63, 3.8) is 0 Å². The second kappa shape index (κ2) is 5.28. The van der Waals surface area contributed by atoms with E-state index in [0.717, 1.165) is 6.54 Å². The van der Waals surface area contributed by atoms with Gasteiger partial charge < -0.3 is 5.32 Å². The van der Waals surface area contributed by atoms with E-state index in [0.29, 0.717) is 12.0 Å². The highest BCUT2D eigenvalue weighted by Gasteiger charge is 2.07. The quantitative estimate of drug-likeness (QED) is 0.868. The third-order valence-corrected chi connectivity index (χ3v) is 3.37. The van der Waals surface area contributed by atoms with Gasteiger partial charge in [-0.2, -0.15) is 0 Å². The number of benzene rings is 1. The van der Waals surface area contributed by atoms with Crippen LogP contribution in [0.25, 0.3) is 10.8 Å². The Hall–Kier alpha value is -1.41. The summed E-state index contributed by atoms with van der Waals surface area (Å²) >= 11 is 0. The van der Waals surface area contributed by atoms with Crippen molar-refractivity contribution in [2.75, 3.05) is 0 Å². The molecule has 0 aliphatic heterocycles. The number of aromatic nitrogens is 1. The van der Waals surface area contributed by atoms with Crippen LogP contribution in [-0.4, -0.2) is 11.0 Å². The summed E-state index contributed by atoms with van der Waals surface area (Å²) in [5.41, 5.74) is 1.27. The average Bonchev–Trinajstić information content (AvgIpc) is 2.35. The van der Waals surface area contributed by atoms with Gasteiger partial charge in [0.25, 0.3) is 0 Å². The summed E-state index contributed by atoms with van der Waals surface area (Å²) in [5, 5.41) is 6.06. The summed E-state index contributed by atoms with van der Waals surface area (Å²) in [6, 6.07) is 8.93. The normalized spacial score (nSPS) is 13.2. The fourth-order valence-corrected chi connectivity index (χ4v) is 1.83. The van der Waals surface area contributed by atoms with Gasteiger partial charge in [0.2, 0.25) is 0 Å². The summed E-state index contributed by atoms with van der Waals surface area (Å²) in [6.45, 7) is 7.58. The lowest BCUT2D eigenvalue weighted by molar-refractivity contribution is 0.426. The molecule has 0 saturated heterocycles. The van der Waals surface area contributed by atoms with Crippen LogP contribution in [0.4, 0.5) is 0 Å². The first-order chi connectivity index (χ1) is 8.18. The maximum atomic E-state index is 4.30. The molecule has 0 radical (unpaired) electrons. The van der Waals surface area contributed by atoms with E-state index in [-0.39, 0.29) is 0 Å². The predicted molar refractivity (Wildman–Crippen MR) is 72.9 cm³/mol. The van der Waals surface area contributed by atoms with Gasteiger partial charge in [-0.1, -0.05) is 38.1 Å². The minimum absolute atomic E-state index is 0.522. The van der Waals surface area contributed by atoms with Crippen LogP contribution in [0.3, 0.4) is 0 Å². The summed E-state index contributed by atoms with van der Waals surface area (Å²) in [4.78, 5) is 4.30. The number of hydrogen-bond acceptors (Lipinski definition) is 2. The van der Waals surface area contributed by atoms with Crippen LogP contribution in [0.15, 0.2) is 36.7 Å². The van der Waals surface area contributed by atoms with E-state index in [1.807, 2.05) is 12.4 Å². The Morgan fingerprint density at radius 3 is 2.65 bits per heavy atom. The van der Waals surface area contributed by atoms with Crippen LogP contribution in [0.5, 0.6) is 0 Å². The van der Waals surface area contributed by atoms with E-state index in [2.05, 4.69) is 55.3 Å². The van der Waals surface area contributed by atoms with E-state index in [9.17, 15) is 0 Å². The number of rotatable bonds is 4. The second-order valence-electron chi connectivity index (χ2n) is 4.93. The zero-order chi connectivity index (χ0) is 12.3. The SMILES string of the molecule is CC(C)C(C)NCc1cncc2ccccc12. The van der Waals surface area contributed by atoms with Crippen LogP contribution in [-0.2, 0) is 6.54 Å². The highest BCUT2D eigenvalue weighted by Crippen LogP contribution is 2.17. The Balaban J connectivity index is 2.19. The van der Waals surface area contributed by atoms with E-state index in [1.165, 1.54) is 16.3 Å². The van der Waals surface area contributed by atoms with Gasteiger partial charge >= 0.3 is 0 Å². The molecule has 2 aromatic rings. The molecule has 1 aromatic heterocycles. The molecule has 0 bridgehead atoms. The largest absolute Gasteiger partial charge is 0.310 e. The first-order valence-corrected chi connectivity index (χ1v) is 6.23. The fraction of sp³-hybridized carbons (Fsp3) is 0.400. The first-order valence-electron chi connectivity index (χ1n) is 6.23. The minimum atomic E-state index is 0.522. The molecular formula is C15H20N2. The Morgan fingerprint density at radius 1 is 1.12 bits per heavy atom. The molecule has 1 heterocycles. The highest BCUT2D eigenvalue weighted by atomic mass is 14.9. The summed E-state index contributed by atoms with van der Waals surface area (Å²) in [6.07, 6.45) is 3.88. The number of nitrogens with one attached hydrogen (secondary N) is 1. The van der Waals surface area contributed by atoms with Crippen LogP contribution in [0.1, 0.15) is 26.3 Å². The number of nitrogens with zero attached hydrogens (tertiary/aromatic N) is 1. The molecular weight excluding hydrogens is 208 g/mol. The van der Waals surface area contributed by atoms with E-state index in [4.69, 9.17) is 0 Å². The third kappa shape index (κ3) is 2.83. The van der Waals surface area contributed by atoms with Crippen LogP contribution >= 0.6 is 0 Å². The fourth-order valence-electron chi connectivity index (χ4n) is 1.83. The molecule has 0 spiro atoms. The van der Waals surface area contributed by atoms with Crippen LogP contribution in [0, 0.1) is 5.92 Å². The number of hydrogen-bond donors (Lipinski definition) is 1. The molecule has 1 N–H and O–H groups in total. The lowest BCUT2D eigenvalue weighted by Crippen LogP contribution is -2.30. The van der Waals surface area contributed by atoms with Gasteiger partial charge in [0.1, 0.15) is 0 Å². The molecule has 1 unspecified atom stereocenters. The smallest absolute Gasteiger partial charge is 0.0346 e. The molecule has 1 atom stereocenters. The van der Waals surface area contributed by atoms with Crippen molar-refractivity contribution < 1.29 is 0 Å². The lowest BCUT2D eigenvalue weighted by Gasteiger charge is -2.17. The topological polar surface area (TPSA) is 24.9 Å².